The molecule has 0 amide bonds. The van der Waals surface area contributed by atoms with Gasteiger partial charge in [0.25, 0.3) is 0 Å². The number of halogens is 1. The fourth-order valence-electron chi connectivity index (χ4n) is 1.22. The maximum Gasteiger partial charge on any atom is 0.228 e. The van der Waals surface area contributed by atoms with Crippen LogP contribution in [0.15, 0.2) is 0 Å². The Hall–Kier alpha value is -1.14. The van der Waals surface area contributed by atoms with Crippen molar-refractivity contribution in [1.29, 1.82) is 0 Å². The minimum Gasteiger partial charge on any atom is -0.379 e. The summed E-state index contributed by atoms with van der Waals surface area (Å²) in [5.74, 6) is 1.47. The predicted octanol–water partition coefficient (Wildman–Crippen LogP) is 2.04. The van der Waals surface area contributed by atoms with Crippen LogP contribution in [-0.4, -0.2) is 41.3 Å². The molecule has 0 aliphatic rings. The summed E-state index contributed by atoms with van der Waals surface area (Å²) in [7, 11) is 0. The summed E-state index contributed by atoms with van der Waals surface area (Å²) < 4.78 is 5.44. The lowest BCUT2D eigenvalue weighted by molar-refractivity contribution is 0.118. The van der Waals surface area contributed by atoms with Crippen LogP contribution >= 0.6 is 11.6 Å². The molecule has 1 aromatic rings. The van der Waals surface area contributed by atoms with Crippen LogP contribution in [0.3, 0.4) is 0 Å². The summed E-state index contributed by atoms with van der Waals surface area (Å²) in [5, 5.41) is 6.21. The molecular formula is C11H20ClN5O. The van der Waals surface area contributed by atoms with E-state index in [-0.39, 0.29) is 5.28 Å². The Morgan fingerprint density at radius 3 is 2.44 bits per heavy atom. The Kier molecular flexibility index (Phi) is 6.67. The summed E-state index contributed by atoms with van der Waals surface area (Å²) in [5.41, 5.74) is 0. The van der Waals surface area contributed by atoms with Crippen molar-refractivity contribution in [2.45, 2.75) is 20.8 Å². The second-order valence-corrected chi connectivity index (χ2v) is 4.52. The average molecular weight is 274 g/mol. The van der Waals surface area contributed by atoms with Gasteiger partial charge in [0.15, 0.2) is 0 Å². The topological polar surface area (TPSA) is 72.0 Å². The van der Waals surface area contributed by atoms with E-state index in [4.69, 9.17) is 16.3 Å². The van der Waals surface area contributed by atoms with Crippen molar-refractivity contribution in [1.82, 2.24) is 15.0 Å². The first-order chi connectivity index (χ1) is 8.61. The molecule has 0 bridgehead atoms. The molecule has 1 heterocycles. The molecule has 0 spiro atoms. The molecule has 0 atom stereocenters. The fourth-order valence-corrected chi connectivity index (χ4v) is 1.38. The van der Waals surface area contributed by atoms with Crippen molar-refractivity contribution < 1.29 is 4.74 Å². The van der Waals surface area contributed by atoms with Crippen LogP contribution in [0.2, 0.25) is 5.28 Å². The van der Waals surface area contributed by atoms with E-state index in [1.807, 2.05) is 6.92 Å². The van der Waals surface area contributed by atoms with Crippen LogP contribution < -0.4 is 10.6 Å². The minimum atomic E-state index is 0.173. The van der Waals surface area contributed by atoms with Crippen LogP contribution in [-0.2, 0) is 4.74 Å². The summed E-state index contributed by atoms with van der Waals surface area (Å²) in [4.78, 5) is 12.1. The van der Waals surface area contributed by atoms with Gasteiger partial charge in [0.05, 0.1) is 6.61 Å². The smallest absolute Gasteiger partial charge is 0.228 e. The van der Waals surface area contributed by atoms with Crippen LogP contribution in [0.5, 0.6) is 0 Å². The lowest BCUT2D eigenvalue weighted by atomic mass is 10.2. The zero-order valence-corrected chi connectivity index (χ0v) is 11.8. The van der Waals surface area contributed by atoms with Gasteiger partial charge in [-0.15, -0.1) is 0 Å². The first-order valence-electron chi connectivity index (χ1n) is 6.09. The van der Waals surface area contributed by atoms with Crippen molar-refractivity contribution in [3.63, 3.8) is 0 Å². The molecule has 2 N–H and O–H groups in total. The van der Waals surface area contributed by atoms with Crippen LogP contribution in [0.4, 0.5) is 11.9 Å². The Morgan fingerprint density at radius 2 is 1.83 bits per heavy atom. The standard InChI is InChI=1S/C11H20ClN5O/c1-4-13-10-15-9(12)16-11(17-10)14-5-6-18-7-8(2)3/h8H,4-7H2,1-3H3,(H2,13,14,15,16,17). The highest BCUT2D eigenvalue weighted by molar-refractivity contribution is 6.28. The van der Waals surface area contributed by atoms with Gasteiger partial charge in [-0.05, 0) is 24.4 Å². The first-order valence-corrected chi connectivity index (χ1v) is 6.46. The van der Waals surface area contributed by atoms with Gasteiger partial charge in [-0.2, -0.15) is 15.0 Å². The second kappa shape index (κ2) is 8.05. The molecule has 1 rings (SSSR count). The fraction of sp³-hybridized carbons (Fsp3) is 0.727. The molecule has 1 aromatic heterocycles. The normalized spacial score (nSPS) is 10.7. The molecule has 6 nitrogen and oxygen atoms in total. The number of hydrogen-bond donors (Lipinski definition) is 2. The Morgan fingerprint density at radius 1 is 1.17 bits per heavy atom. The number of aromatic nitrogens is 3. The van der Waals surface area contributed by atoms with Gasteiger partial charge < -0.3 is 15.4 Å². The van der Waals surface area contributed by atoms with E-state index in [1.165, 1.54) is 0 Å². The van der Waals surface area contributed by atoms with E-state index < -0.39 is 0 Å². The summed E-state index contributed by atoms with van der Waals surface area (Å²) >= 11 is 5.79. The van der Waals surface area contributed by atoms with Crippen molar-refractivity contribution in [2.75, 3.05) is 36.9 Å². The molecule has 0 aliphatic carbocycles. The SMILES string of the molecule is CCNc1nc(Cl)nc(NCCOCC(C)C)n1. The van der Waals surface area contributed by atoms with Crippen molar-refractivity contribution >= 4 is 23.5 Å². The molecule has 102 valence electrons. The zero-order chi connectivity index (χ0) is 13.4. The quantitative estimate of drug-likeness (QED) is 0.706. The van der Waals surface area contributed by atoms with E-state index in [0.29, 0.717) is 31.0 Å². The van der Waals surface area contributed by atoms with E-state index >= 15 is 0 Å². The van der Waals surface area contributed by atoms with Crippen LogP contribution in [0, 0.1) is 5.92 Å². The van der Waals surface area contributed by atoms with E-state index in [1.54, 1.807) is 0 Å². The third-order valence-corrected chi connectivity index (χ3v) is 2.09. The van der Waals surface area contributed by atoms with E-state index in [9.17, 15) is 0 Å². The maximum atomic E-state index is 5.79. The lowest BCUT2D eigenvalue weighted by Gasteiger charge is -2.09. The van der Waals surface area contributed by atoms with Gasteiger partial charge in [-0.25, -0.2) is 0 Å². The van der Waals surface area contributed by atoms with Crippen LogP contribution in [0.25, 0.3) is 0 Å². The summed E-state index contributed by atoms with van der Waals surface area (Å²) in [6.45, 7) is 8.92. The molecule has 0 aliphatic heterocycles. The monoisotopic (exact) mass is 273 g/mol. The third-order valence-electron chi connectivity index (χ3n) is 1.92. The Balaban J connectivity index is 2.37. The largest absolute Gasteiger partial charge is 0.379 e. The predicted molar refractivity (Wildman–Crippen MR) is 73.1 cm³/mol. The molecular weight excluding hydrogens is 254 g/mol. The highest BCUT2D eigenvalue weighted by atomic mass is 35.5. The van der Waals surface area contributed by atoms with Gasteiger partial charge in [0.2, 0.25) is 17.2 Å². The third kappa shape index (κ3) is 5.97. The Bertz CT molecular complexity index is 361. The number of hydrogen-bond acceptors (Lipinski definition) is 6. The van der Waals surface area contributed by atoms with Gasteiger partial charge in [-0.3, -0.25) is 0 Å². The summed E-state index contributed by atoms with van der Waals surface area (Å²) in [6, 6.07) is 0. The number of nitrogens with zero attached hydrogens (tertiary/aromatic N) is 3. The van der Waals surface area contributed by atoms with Crippen molar-refractivity contribution in [3.05, 3.63) is 5.28 Å². The highest BCUT2D eigenvalue weighted by Crippen LogP contribution is 2.08. The molecule has 0 radical (unpaired) electrons. The average Bonchev–Trinajstić information content (AvgIpc) is 2.28. The minimum absolute atomic E-state index is 0.173. The molecule has 0 saturated heterocycles. The first kappa shape index (κ1) is 14.9. The van der Waals surface area contributed by atoms with Gasteiger partial charge >= 0.3 is 0 Å². The molecule has 0 unspecified atom stereocenters. The van der Waals surface area contributed by atoms with E-state index in [2.05, 4.69) is 39.4 Å². The van der Waals surface area contributed by atoms with Gasteiger partial charge in [0, 0.05) is 19.7 Å². The number of anilines is 2. The zero-order valence-electron chi connectivity index (χ0n) is 11.0. The Labute approximate surface area is 113 Å². The second-order valence-electron chi connectivity index (χ2n) is 4.18. The van der Waals surface area contributed by atoms with Gasteiger partial charge in [-0.1, -0.05) is 13.8 Å². The number of nitrogens with one attached hydrogen (secondary N) is 2. The summed E-state index contributed by atoms with van der Waals surface area (Å²) in [6.07, 6.45) is 0. The molecule has 7 heteroatoms. The van der Waals surface area contributed by atoms with Crippen molar-refractivity contribution in [3.8, 4) is 0 Å². The van der Waals surface area contributed by atoms with Crippen molar-refractivity contribution in [2.24, 2.45) is 5.92 Å². The molecule has 0 fully saturated rings. The number of rotatable bonds is 8. The van der Waals surface area contributed by atoms with Gasteiger partial charge in [0.1, 0.15) is 0 Å². The van der Waals surface area contributed by atoms with Crippen LogP contribution in [0.1, 0.15) is 20.8 Å². The molecule has 18 heavy (non-hydrogen) atoms. The van der Waals surface area contributed by atoms with E-state index in [0.717, 1.165) is 13.2 Å². The number of ether oxygens (including phenoxy) is 1. The maximum absolute atomic E-state index is 5.79. The highest BCUT2D eigenvalue weighted by Gasteiger charge is 2.03. The molecule has 0 saturated carbocycles. The molecule has 0 aromatic carbocycles. The lowest BCUT2D eigenvalue weighted by Crippen LogP contribution is -2.15.